The molecule has 0 saturated carbocycles. The third-order valence-corrected chi connectivity index (χ3v) is 3.69. The summed E-state index contributed by atoms with van der Waals surface area (Å²) >= 11 is 0. The number of rotatable bonds is 4. The van der Waals surface area contributed by atoms with Crippen LogP contribution in [-0.2, 0) is 20.9 Å². The zero-order valence-electron chi connectivity index (χ0n) is 11.9. The lowest BCUT2D eigenvalue weighted by Crippen LogP contribution is -2.39. The summed E-state index contributed by atoms with van der Waals surface area (Å²) in [5.74, 6) is -0.622. The van der Waals surface area contributed by atoms with Crippen LogP contribution in [0.4, 0.5) is 9.18 Å². The van der Waals surface area contributed by atoms with Gasteiger partial charge in [0.15, 0.2) is 0 Å². The number of methoxy groups -OCH3 is 1. The van der Waals surface area contributed by atoms with E-state index in [1.165, 1.54) is 12.0 Å². The van der Waals surface area contributed by atoms with E-state index in [2.05, 4.69) is 4.74 Å². The summed E-state index contributed by atoms with van der Waals surface area (Å²) in [4.78, 5) is 25.0. The Morgan fingerprint density at radius 1 is 1.33 bits per heavy atom. The number of carbonyl (C=O) groups excluding carboxylic acids is 2. The van der Waals surface area contributed by atoms with Gasteiger partial charge in [-0.15, -0.1) is 0 Å². The van der Waals surface area contributed by atoms with E-state index in [0.717, 1.165) is 5.56 Å². The van der Waals surface area contributed by atoms with Crippen molar-refractivity contribution < 1.29 is 23.5 Å². The van der Waals surface area contributed by atoms with E-state index >= 15 is 0 Å². The van der Waals surface area contributed by atoms with Crippen LogP contribution in [0.15, 0.2) is 30.3 Å². The smallest absolute Gasteiger partial charge is 0.410 e. The van der Waals surface area contributed by atoms with E-state index in [0.29, 0.717) is 0 Å². The van der Waals surface area contributed by atoms with Crippen molar-refractivity contribution in [2.75, 3.05) is 26.9 Å². The summed E-state index contributed by atoms with van der Waals surface area (Å²) in [6.45, 7) is -0.421. The lowest BCUT2D eigenvalue weighted by Gasteiger charge is -2.22. The molecule has 2 rings (SSSR count). The van der Waals surface area contributed by atoms with Gasteiger partial charge < -0.3 is 14.4 Å². The molecule has 21 heavy (non-hydrogen) atoms. The largest absolute Gasteiger partial charge is 0.468 e. The second kappa shape index (κ2) is 6.56. The van der Waals surface area contributed by atoms with E-state index in [-0.39, 0.29) is 26.1 Å². The molecule has 1 aliphatic heterocycles. The molecule has 1 aliphatic rings. The molecular weight excluding hydrogens is 277 g/mol. The van der Waals surface area contributed by atoms with Gasteiger partial charge >= 0.3 is 12.1 Å². The zero-order chi connectivity index (χ0) is 15.3. The van der Waals surface area contributed by atoms with Crippen LogP contribution in [-0.4, -0.2) is 43.8 Å². The second-order valence-electron chi connectivity index (χ2n) is 5.12. The fourth-order valence-electron chi connectivity index (χ4n) is 2.39. The molecule has 1 atom stereocenters. The number of alkyl halides is 1. The molecule has 1 unspecified atom stereocenters. The summed E-state index contributed by atoms with van der Waals surface area (Å²) in [6, 6.07) is 9.27. The maximum absolute atomic E-state index is 13.2. The first-order valence-electron chi connectivity index (χ1n) is 6.71. The third-order valence-electron chi connectivity index (χ3n) is 3.69. The predicted octanol–water partition coefficient (Wildman–Crippen LogP) is 2.16. The van der Waals surface area contributed by atoms with Crippen LogP contribution in [0.1, 0.15) is 12.0 Å². The number of hydrogen-bond acceptors (Lipinski definition) is 4. The molecule has 1 amide bonds. The molecule has 0 radical (unpaired) electrons. The minimum absolute atomic E-state index is 0.0101. The summed E-state index contributed by atoms with van der Waals surface area (Å²) < 4.78 is 23.0. The Morgan fingerprint density at radius 3 is 2.67 bits per heavy atom. The number of ether oxygens (including phenoxy) is 2. The van der Waals surface area contributed by atoms with Crippen molar-refractivity contribution in [2.24, 2.45) is 5.41 Å². The van der Waals surface area contributed by atoms with Gasteiger partial charge in [0.2, 0.25) is 0 Å². The number of benzene rings is 1. The molecule has 114 valence electrons. The maximum Gasteiger partial charge on any atom is 0.410 e. The highest BCUT2D eigenvalue weighted by atomic mass is 19.1. The van der Waals surface area contributed by atoms with E-state index in [4.69, 9.17) is 4.74 Å². The summed E-state index contributed by atoms with van der Waals surface area (Å²) in [7, 11) is 1.22. The minimum Gasteiger partial charge on any atom is -0.468 e. The second-order valence-corrected chi connectivity index (χ2v) is 5.12. The number of amides is 1. The normalized spacial score (nSPS) is 21.1. The molecule has 0 aliphatic carbocycles. The first kappa shape index (κ1) is 15.3. The zero-order valence-corrected chi connectivity index (χ0v) is 11.9. The van der Waals surface area contributed by atoms with Gasteiger partial charge in [0.05, 0.1) is 7.11 Å². The monoisotopic (exact) mass is 295 g/mol. The summed E-state index contributed by atoms with van der Waals surface area (Å²) in [5, 5.41) is 0. The third kappa shape index (κ3) is 3.32. The van der Waals surface area contributed by atoms with Crippen LogP contribution >= 0.6 is 0 Å². The van der Waals surface area contributed by atoms with Crippen molar-refractivity contribution >= 4 is 12.1 Å². The van der Waals surface area contributed by atoms with Crippen molar-refractivity contribution in [3.05, 3.63) is 35.9 Å². The minimum atomic E-state index is -1.25. The average Bonchev–Trinajstić information content (AvgIpc) is 2.98. The van der Waals surface area contributed by atoms with Crippen molar-refractivity contribution in [1.29, 1.82) is 0 Å². The lowest BCUT2D eigenvalue weighted by molar-refractivity contribution is -0.152. The van der Waals surface area contributed by atoms with Crippen LogP contribution in [0.2, 0.25) is 0 Å². The van der Waals surface area contributed by atoms with Crippen LogP contribution in [0.25, 0.3) is 0 Å². The summed E-state index contributed by atoms with van der Waals surface area (Å²) in [5.41, 5.74) is -0.379. The van der Waals surface area contributed by atoms with Crippen molar-refractivity contribution in [3.8, 4) is 0 Å². The van der Waals surface area contributed by atoms with Gasteiger partial charge in [-0.25, -0.2) is 9.18 Å². The SMILES string of the molecule is COC(=O)C1(CF)CCN(C(=O)OCc2ccccc2)C1. The number of likely N-dealkylation sites (tertiary alicyclic amines) is 1. The van der Waals surface area contributed by atoms with Crippen LogP contribution < -0.4 is 0 Å². The lowest BCUT2D eigenvalue weighted by atomic mass is 9.89. The quantitative estimate of drug-likeness (QED) is 0.799. The van der Waals surface area contributed by atoms with E-state index in [1.54, 1.807) is 0 Å². The molecule has 1 aromatic rings. The molecule has 0 aromatic heterocycles. The van der Waals surface area contributed by atoms with E-state index in [9.17, 15) is 14.0 Å². The van der Waals surface area contributed by atoms with Gasteiger partial charge in [-0.3, -0.25) is 4.79 Å². The highest BCUT2D eigenvalue weighted by Crippen LogP contribution is 2.32. The Hall–Kier alpha value is -2.11. The molecule has 0 N–H and O–H groups in total. The van der Waals surface area contributed by atoms with Crippen molar-refractivity contribution in [3.63, 3.8) is 0 Å². The summed E-state index contributed by atoms with van der Waals surface area (Å²) in [6.07, 6.45) is -0.297. The van der Waals surface area contributed by atoms with Crippen LogP contribution in [0.5, 0.6) is 0 Å². The molecule has 1 saturated heterocycles. The average molecular weight is 295 g/mol. The first-order chi connectivity index (χ1) is 10.1. The van der Waals surface area contributed by atoms with Gasteiger partial charge in [0, 0.05) is 13.1 Å². The number of esters is 1. The van der Waals surface area contributed by atoms with Gasteiger partial charge in [-0.1, -0.05) is 30.3 Å². The van der Waals surface area contributed by atoms with Gasteiger partial charge in [-0.2, -0.15) is 0 Å². The van der Waals surface area contributed by atoms with Crippen molar-refractivity contribution in [2.45, 2.75) is 13.0 Å². The van der Waals surface area contributed by atoms with E-state index < -0.39 is 24.2 Å². The molecule has 6 heteroatoms. The predicted molar refractivity (Wildman–Crippen MR) is 73.2 cm³/mol. The van der Waals surface area contributed by atoms with Gasteiger partial charge in [0.1, 0.15) is 18.7 Å². The molecule has 0 spiro atoms. The van der Waals surface area contributed by atoms with Crippen molar-refractivity contribution in [1.82, 2.24) is 4.90 Å². The topological polar surface area (TPSA) is 55.8 Å². The Balaban J connectivity index is 1.91. The molecule has 1 aromatic carbocycles. The Bertz CT molecular complexity index is 508. The fourth-order valence-corrected chi connectivity index (χ4v) is 2.39. The number of hydrogen-bond donors (Lipinski definition) is 0. The molecule has 1 fully saturated rings. The molecule has 5 nitrogen and oxygen atoms in total. The standard InChI is InChI=1S/C15H18FNO4/c1-20-13(18)15(10-16)7-8-17(11-15)14(19)21-9-12-5-3-2-4-6-12/h2-6H,7-11H2,1H3. The number of carbonyl (C=O) groups is 2. The number of nitrogens with zero attached hydrogens (tertiary/aromatic N) is 1. The van der Waals surface area contributed by atoms with Gasteiger partial charge in [0.25, 0.3) is 0 Å². The van der Waals surface area contributed by atoms with Gasteiger partial charge in [-0.05, 0) is 12.0 Å². The van der Waals surface area contributed by atoms with E-state index in [1.807, 2.05) is 30.3 Å². The fraction of sp³-hybridized carbons (Fsp3) is 0.467. The first-order valence-corrected chi connectivity index (χ1v) is 6.71. The number of halogens is 1. The maximum atomic E-state index is 13.2. The Labute approximate surface area is 122 Å². The van der Waals surface area contributed by atoms with Crippen LogP contribution in [0.3, 0.4) is 0 Å². The Kier molecular flexibility index (Phi) is 4.77. The molecule has 1 heterocycles. The Morgan fingerprint density at radius 2 is 2.05 bits per heavy atom. The molecular formula is C15H18FNO4. The highest BCUT2D eigenvalue weighted by molar-refractivity contribution is 5.79. The van der Waals surface area contributed by atoms with Crippen LogP contribution in [0, 0.1) is 5.41 Å². The molecule has 0 bridgehead atoms. The highest BCUT2D eigenvalue weighted by Gasteiger charge is 2.47.